The minimum Gasteiger partial charge on any atom is -0.504 e. The van der Waals surface area contributed by atoms with Crippen LogP contribution >= 0.6 is 0 Å². The Morgan fingerprint density at radius 1 is 1.12 bits per heavy atom. The van der Waals surface area contributed by atoms with Gasteiger partial charge >= 0.3 is 11.9 Å². The van der Waals surface area contributed by atoms with Gasteiger partial charge in [-0.25, -0.2) is 4.79 Å². The van der Waals surface area contributed by atoms with Gasteiger partial charge in [-0.2, -0.15) is 0 Å². The van der Waals surface area contributed by atoms with Crippen molar-refractivity contribution in [3.8, 4) is 17.2 Å². The normalized spacial score (nSPS) is 8.82. The number of phenols is 3. The lowest BCUT2D eigenvalue weighted by Gasteiger charge is -2.01. The van der Waals surface area contributed by atoms with Crippen molar-refractivity contribution in [2.45, 2.75) is 6.92 Å². The molecular formula is C10H12O7. The Balaban J connectivity index is 0.000000437. The van der Waals surface area contributed by atoms with Crippen LogP contribution in [0.3, 0.4) is 0 Å². The molecule has 1 aromatic carbocycles. The number of carboxylic acids is 1. The fraction of sp³-hybridized carbons (Fsp3) is 0.200. The molecule has 0 saturated carbocycles. The zero-order valence-corrected chi connectivity index (χ0v) is 9.17. The number of methoxy groups -OCH3 is 1. The predicted octanol–water partition coefficient (Wildman–Crippen LogP) is 0.681. The molecule has 0 aliphatic carbocycles. The van der Waals surface area contributed by atoms with Crippen molar-refractivity contribution >= 4 is 11.9 Å². The molecule has 0 spiro atoms. The number of esters is 1. The van der Waals surface area contributed by atoms with E-state index >= 15 is 0 Å². The average molecular weight is 244 g/mol. The van der Waals surface area contributed by atoms with Crippen LogP contribution < -0.4 is 0 Å². The molecule has 0 heterocycles. The average Bonchev–Trinajstić information content (AvgIpc) is 2.25. The number of ether oxygens (including phenoxy) is 1. The van der Waals surface area contributed by atoms with Crippen LogP contribution in [0, 0.1) is 0 Å². The lowest BCUT2D eigenvalue weighted by Crippen LogP contribution is -1.95. The van der Waals surface area contributed by atoms with Crippen LogP contribution in [0.1, 0.15) is 17.3 Å². The fourth-order valence-corrected chi connectivity index (χ4v) is 0.728. The van der Waals surface area contributed by atoms with Crippen LogP contribution in [0.4, 0.5) is 0 Å². The molecular weight excluding hydrogens is 232 g/mol. The monoisotopic (exact) mass is 244 g/mol. The van der Waals surface area contributed by atoms with E-state index in [1.165, 1.54) is 14.0 Å². The fourth-order valence-electron chi connectivity index (χ4n) is 0.728. The summed E-state index contributed by atoms with van der Waals surface area (Å²) in [6, 6.07) is 1.69. The molecule has 94 valence electrons. The maximum absolute atomic E-state index is 10.3. The third-order valence-electron chi connectivity index (χ3n) is 1.60. The topological polar surface area (TPSA) is 124 Å². The molecule has 7 nitrogen and oxygen atoms in total. The largest absolute Gasteiger partial charge is 0.504 e. The van der Waals surface area contributed by atoms with Gasteiger partial charge in [-0.15, -0.1) is 0 Å². The van der Waals surface area contributed by atoms with Gasteiger partial charge < -0.3 is 25.2 Å². The highest BCUT2D eigenvalue weighted by Crippen LogP contribution is 2.35. The summed E-state index contributed by atoms with van der Waals surface area (Å²) in [6.45, 7) is 1.36. The summed E-state index contributed by atoms with van der Waals surface area (Å²) in [7, 11) is 1.35. The molecule has 0 radical (unpaired) electrons. The highest BCUT2D eigenvalue weighted by Gasteiger charge is 2.11. The van der Waals surface area contributed by atoms with E-state index in [1.807, 2.05) is 0 Å². The van der Waals surface area contributed by atoms with E-state index in [4.69, 9.17) is 20.4 Å². The van der Waals surface area contributed by atoms with E-state index in [9.17, 15) is 9.59 Å². The highest BCUT2D eigenvalue weighted by atomic mass is 16.5. The maximum atomic E-state index is 10.3. The van der Waals surface area contributed by atoms with Gasteiger partial charge in [0.2, 0.25) is 0 Å². The molecule has 0 aliphatic heterocycles. The van der Waals surface area contributed by atoms with Crippen LogP contribution in [0.5, 0.6) is 17.2 Å². The number of carboxylic acid groups (broad SMARTS) is 1. The van der Waals surface area contributed by atoms with Crippen molar-refractivity contribution in [2.75, 3.05) is 7.11 Å². The van der Waals surface area contributed by atoms with Gasteiger partial charge in [-0.1, -0.05) is 0 Å². The van der Waals surface area contributed by atoms with Crippen LogP contribution in [-0.4, -0.2) is 39.5 Å². The lowest BCUT2D eigenvalue weighted by atomic mass is 10.2. The van der Waals surface area contributed by atoms with Crippen molar-refractivity contribution in [2.24, 2.45) is 0 Å². The SMILES string of the molecule is COC(C)=O.O=C(O)c1cc(O)c(O)c(O)c1. The first-order chi connectivity index (χ1) is 7.79. The third kappa shape index (κ3) is 4.74. The number of rotatable bonds is 1. The molecule has 4 N–H and O–H groups in total. The highest BCUT2D eigenvalue weighted by molar-refractivity contribution is 5.89. The van der Waals surface area contributed by atoms with Gasteiger partial charge in [0.1, 0.15) is 0 Å². The maximum Gasteiger partial charge on any atom is 0.335 e. The van der Waals surface area contributed by atoms with E-state index < -0.39 is 23.2 Å². The number of hydrogen-bond donors (Lipinski definition) is 4. The van der Waals surface area contributed by atoms with Crippen molar-refractivity contribution in [1.82, 2.24) is 0 Å². The molecule has 0 unspecified atom stereocenters. The molecule has 1 aromatic rings. The lowest BCUT2D eigenvalue weighted by molar-refractivity contribution is -0.137. The first-order valence-electron chi connectivity index (χ1n) is 4.32. The van der Waals surface area contributed by atoms with Gasteiger partial charge in [0.25, 0.3) is 0 Å². The number of carbonyl (C=O) groups excluding carboxylic acids is 1. The Hall–Kier alpha value is -2.44. The second-order valence-electron chi connectivity index (χ2n) is 2.86. The molecule has 1 rings (SSSR count). The number of benzene rings is 1. The summed E-state index contributed by atoms with van der Waals surface area (Å²) in [5.74, 6) is -3.58. The van der Waals surface area contributed by atoms with Gasteiger partial charge in [0.15, 0.2) is 17.2 Å². The van der Waals surface area contributed by atoms with Gasteiger partial charge in [-0.05, 0) is 12.1 Å². The van der Waals surface area contributed by atoms with E-state index in [0.717, 1.165) is 12.1 Å². The molecule has 0 saturated heterocycles. The molecule has 0 amide bonds. The quantitative estimate of drug-likeness (QED) is 0.423. The van der Waals surface area contributed by atoms with Crippen molar-refractivity contribution < 1.29 is 34.8 Å². The number of aromatic carboxylic acids is 1. The van der Waals surface area contributed by atoms with Gasteiger partial charge in [0, 0.05) is 6.92 Å². The molecule has 0 fully saturated rings. The van der Waals surface area contributed by atoms with Crippen LogP contribution in [0.25, 0.3) is 0 Å². The summed E-state index contributed by atoms with van der Waals surface area (Å²) in [4.78, 5) is 19.9. The van der Waals surface area contributed by atoms with E-state index in [0.29, 0.717) is 0 Å². The zero-order valence-electron chi connectivity index (χ0n) is 9.17. The number of aromatic hydroxyl groups is 3. The van der Waals surface area contributed by atoms with E-state index in [-0.39, 0.29) is 11.5 Å². The summed E-state index contributed by atoms with van der Waals surface area (Å²) in [6.07, 6.45) is 0. The van der Waals surface area contributed by atoms with Crippen molar-refractivity contribution in [3.05, 3.63) is 17.7 Å². The molecule has 0 aliphatic rings. The number of carbonyl (C=O) groups is 2. The molecule has 0 atom stereocenters. The Morgan fingerprint density at radius 2 is 1.47 bits per heavy atom. The molecule has 17 heavy (non-hydrogen) atoms. The molecule has 0 aromatic heterocycles. The minimum atomic E-state index is -1.29. The molecule has 0 bridgehead atoms. The second kappa shape index (κ2) is 6.21. The standard InChI is InChI=1S/C7H6O5.C3H6O2/c8-4-1-3(7(11)12)2-5(9)6(4)10;1-3(4)5-2/h1-2,8-10H,(H,11,12);1-2H3. The Bertz CT molecular complexity index is 402. The number of hydrogen-bond acceptors (Lipinski definition) is 6. The predicted molar refractivity (Wildman–Crippen MR) is 56.1 cm³/mol. The van der Waals surface area contributed by atoms with Gasteiger partial charge in [0.05, 0.1) is 12.7 Å². The second-order valence-corrected chi connectivity index (χ2v) is 2.86. The summed E-state index contributed by atoms with van der Waals surface area (Å²) in [5, 5.41) is 35.0. The first-order valence-corrected chi connectivity index (χ1v) is 4.32. The van der Waals surface area contributed by atoms with E-state index in [2.05, 4.69) is 4.74 Å². The third-order valence-corrected chi connectivity index (χ3v) is 1.60. The summed E-state index contributed by atoms with van der Waals surface area (Å²) in [5.41, 5.74) is -0.289. The van der Waals surface area contributed by atoms with E-state index in [1.54, 1.807) is 0 Å². The first kappa shape index (κ1) is 14.6. The Morgan fingerprint density at radius 3 is 1.71 bits per heavy atom. The minimum absolute atomic E-state index is 0.245. The number of phenolic OH excluding ortho intramolecular Hbond substituents is 3. The van der Waals surface area contributed by atoms with Crippen molar-refractivity contribution in [3.63, 3.8) is 0 Å². The van der Waals surface area contributed by atoms with Crippen LogP contribution in [0.15, 0.2) is 12.1 Å². The Kier molecular flexibility index (Phi) is 5.32. The zero-order chi connectivity index (χ0) is 13.6. The summed E-state index contributed by atoms with van der Waals surface area (Å²) < 4.78 is 4.11. The van der Waals surface area contributed by atoms with Crippen LogP contribution in [-0.2, 0) is 9.53 Å². The smallest absolute Gasteiger partial charge is 0.335 e. The van der Waals surface area contributed by atoms with Crippen molar-refractivity contribution in [1.29, 1.82) is 0 Å². The summed E-state index contributed by atoms with van der Waals surface area (Å²) >= 11 is 0. The Labute approximate surface area is 96.5 Å². The van der Waals surface area contributed by atoms with Crippen LogP contribution in [0.2, 0.25) is 0 Å². The molecule has 7 heteroatoms. The van der Waals surface area contributed by atoms with Gasteiger partial charge in [-0.3, -0.25) is 4.79 Å².